The summed E-state index contributed by atoms with van der Waals surface area (Å²) in [5.74, 6) is -0.441. The molecule has 0 atom stereocenters. The van der Waals surface area contributed by atoms with Gasteiger partial charge in [-0.1, -0.05) is 51.5 Å². The fraction of sp³-hybridized carbons (Fsp3) is 0.382. The van der Waals surface area contributed by atoms with Gasteiger partial charge in [-0.25, -0.2) is 9.59 Å². The normalized spacial score (nSPS) is 10.8. The van der Waals surface area contributed by atoms with Crippen molar-refractivity contribution in [2.75, 3.05) is 42.5 Å². The van der Waals surface area contributed by atoms with E-state index in [1.807, 2.05) is 49.4 Å². The average molecular weight is 606 g/mol. The number of phenols is 1. The third kappa shape index (κ3) is 10.5. The minimum absolute atomic E-state index is 0.0423. The number of amides is 2. The van der Waals surface area contributed by atoms with Crippen molar-refractivity contribution in [2.24, 2.45) is 11.8 Å². The van der Waals surface area contributed by atoms with Crippen LogP contribution >= 0.6 is 0 Å². The molecule has 0 aliphatic rings. The number of nitrogens with one attached hydrogen (secondary N) is 2. The quantitative estimate of drug-likeness (QED) is 0.136. The first kappa shape index (κ1) is 33.8. The van der Waals surface area contributed by atoms with Crippen molar-refractivity contribution in [3.05, 3.63) is 77.4 Å². The second kappa shape index (κ2) is 16.2. The van der Waals surface area contributed by atoms with E-state index < -0.39 is 18.7 Å². The first-order chi connectivity index (χ1) is 20.9. The Labute approximate surface area is 259 Å². The van der Waals surface area contributed by atoms with E-state index in [9.17, 15) is 19.5 Å². The van der Waals surface area contributed by atoms with Crippen LogP contribution in [-0.4, -0.2) is 50.1 Å². The molecule has 3 aromatic carbocycles. The van der Waals surface area contributed by atoms with Gasteiger partial charge in [0.25, 0.3) is 0 Å². The maximum Gasteiger partial charge on any atom is 0.341 e. The van der Waals surface area contributed by atoms with E-state index in [0.29, 0.717) is 29.6 Å². The molecule has 0 radical (unpaired) electrons. The molecule has 3 aromatic rings. The highest BCUT2D eigenvalue weighted by Crippen LogP contribution is 2.30. The predicted molar refractivity (Wildman–Crippen MR) is 172 cm³/mol. The van der Waals surface area contributed by atoms with Crippen LogP contribution in [0, 0.1) is 18.8 Å². The Hall–Kier alpha value is -4.73. The SMILES string of the molecule is COc1cc(C(=O)OCOC(=O)CCc2ccc(N(CC(C)C)CC(C)C)c(NC(=O)Nc3ccc(C)cc3)c2)ccc1O. The average Bonchev–Trinajstić information content (AvgIpc) is 2.96. The van der Waals surface area contributed by atoms with Crippen molar-refractivity contribution >= 4 is 35.0 Å². The van der Waals surface area contributed by atoms with Crippen LogP contribution in [0.1, 0.15) is 55.6 Å². The molecule has 10 heteroatoms. The number of rotatable bonds is 14. The third-order valence-corrected chi connectivity index (χ3v) is 6.57. The van der Waals surface area contributed by atoms with Gasteiger partial charge in [0.05, 0.1) is 24.0 Å². The second-order valence-electron chi connectivity index (χ2n) is 11.4. The van der Waals surface area contributed by atoms with Crippen LogP contribution in [0.3, 0.4) is 0 Å². The summed E-state index contributed by atoms with van der Waals surface area (Å²) < 4.78 is 15.1. The lowest BCUT2D eigenvalue weighted by molar-refractivity contribution is -0.152. The zero-order valence-electron chi connectivity index (χ0n) is 26.3. The molecule has 0 bridgehead atoms. The van der Waals surface area contributed by atoms with Gasteiger partial charge in [-0.05, 0) is 73.2 Å². The number of urea groups is 1. The van der Waals surface area contributed by atoms with Crippen LogP contribution in [0.25, 0.3) is 0 Å². The van der Waals surface area contributed by atoms with Crippen LogP contribution in [-0.2, 0) is 20.7 Å². The summed E-state index contributed by atoms with van der Waals surface area (Å²) in [6.07, 6.45) is 0.394. The molecule has 0 aromatic heterocycles. The molecule has 0 spiro atoms. The lowest BCUT2D eigenvalue weighted by atomic mass is 10.1. The molecule has 10 nitrogen and oxygen atoms in total. The molecule has 0 fully saturated rings. The third-order valence-electron chi connectivity index (χ3n) is 6.57. The summed E-state index contributed by atoms with van der Waals surface area (Å²) in [7, 11) is 1.37. The van der Waals surface area contributed by atoms with Crippen molar-refractivity contribution in [3.8, 4) is 11.5 Å². The highest BCUT2D eigenvalue weighted by atomic mass is 16.7. The largest absolute Gasteiger partial charge is 0.504 e. The van der Waals surface area contributed by atoms with Gasteiger partial charge in [0.15, 0.2) is 11.5 Å². The number of carbonyl (C=O) groups is 3. The summed E-state index contributed by atoms with van der Waals surface area (Å²) in [4.78, 5) is 40.0. The maximum absolute atomic E-state index is 13.0. The zero-order valence-corrected chi connectivity index (χ0v) is 26.3. The molecule has 0 aliphatic heterocycles. The Balaban J connectivity index is 1.66. The monoisotopic (exact) mass is 605 g/mol. The van der Waals surface area contributed by atoms with Crippen molar-refractivity contribution in [2.45, 2.75) is 47.5 Å². The number of hydrogen-bond donors (Lipinski definition) is 3. The summed E-state index contributed by atoms with van der Waals surface area (Å²) in [5.41, 5.74) is 4.29. The minimum atomic E-state index is -0.723. The highest BCUT2D eigenvalue weighted by Gasteiger charge is 2.18. The molecule has 3 rings (SSSR count). The second-order valence-corrected chi connectivity index (χ2v) is 11.4. The van der Waals surface area contributed by atoms with E-state index in [1.54, 1.807) is 0 Å². The first-order valence-electron chi connectivity index (χ1n) is 14.7. The number of aryl methyl sites for hydroxylation is 2. The van der Waals surface area contributed by atoms with Gasteiger partial charge in [0, 0.05) is 25.2 Å². The maximum atomic E-state index is 13.0. The van der Waals surface area contributed by atoms with Crippen LogP contribution in [0.5, 0.6) is 11.5 Å². The van der Waals surface area contributed by atoms with E-state index >= 15 is 0 Å². The number of hydrogen-bond acceptors (Lipinski definition) is 8. The lowest BCUT2D eigenvalue weighted by Gasteiger charge is -2.30. The van der Waals surface area contributed by atoms with Gasteiger partial charge >= 0.3 is 18.0 Å². The lowest BCUT2D eigenvalue weighted by Crippen LogP contribution is -2.32. The van der Waals surface area contributed by atoms with Crippen molar-refractivity contribution in [1.29, 1.82) is 0 Å². The molecule has 0 aliphatic carbocycles. The smallest absolute Gasteiger partial charge is 0.341 e. The Morgan fingerprint density at radius 1 is 0.864 bits per heavy atom. The number of methoxy groups -OCH3 is 1. The molecule has 0 heterocycles. The van der Waals surface area contributed by atoms with Gasteiger partial charge in [-0.2, -0.15) is 0 Å². The number of carbonyl (C=O) groups excluding carboxylic acids is 3. The van der Waals surface area contributed by atoms with Gasteiger partial charge in [-0.3, -0.25) is 4.79 Å². The number of ether oxygens (including phenoxy) is 3. The van der Waals surface area contributed by atoms with Gasteiger partial charge < -0.3 is 34.9 Å². The number of benzene rings is 3. The van der Waals surface area contributed by atoms with Crippen molar-refractivity contribution in [3.63, 3.8) is 0 Å². The number of nitrogens with zero attached hydrogens (tertiary/aromatic N) is 1. The Morgan fingerprint density at radius 2 is 1.55 bits per heavy atom. The summed E-state index contributed by atoms with van der Waals surface area (Å²) >= 11 is 0. The number of esters is 2. The van der Waals surface area contributed by atoms with Gasteiger partial charge in [-0.15, -0.1) is 0 Å². The Bertz CT molecular complexity index is 1410. The first-order valence-corrected chi connectivity index (χ1v) is 14.7. The molecule has 0 saturated carbocycles. The molecule has 236 valence electrons. The Kier molecular flexibility index (Phi) is 12.4. The van der Waals surface area contributed by atoms with E-state index in [1.165, 1.54) is 25.3 Å². The molecule has 44 heavy (non-hydrogen) atoms. The molecule has 0 saturated heterocycles. The number of aromatic hydroxyl groups is 1. The van der Waals surface area contributed by atoms with Crippen molar-refractivity contribution in [1.82, 2.24) is 0 Å². The minimum Gasteiger partial charge on any atom is -0.504 e. The molecular formula is C34H43N3O7. The topological polar surface area (TPSA) is 126 Å². The molecule has 0 unspecified atom stereocenters. The highest BCUT2D eigenvalue weighted by molar-refractivity contribution is 6.02. The molecular weight excluding hydrogens is 562 g/mol. The van der Waals surface area contributed by atoms with E-state index in [4.69, 9.17) is 14.2 Å². The number of phenolic OH excluding ortho intramolecular Hbond substituents is 1. The Morgan fingerprint density at radius 3 is 2.18 bits per heavy atom. The summed E-state index contributed by atoms with van der Waals surface area (Å²) in [6, 6.07) is 17.0. The zero-order chi connectivity index (χ0) is 32.2. The van der Waals surface area contributed by atoms with Gasteiger partial charge in [0.1, 0.15) is 0 Å². The standard InChI is InChI=1S/C34H43N3O7/c1-22(2)19-37(20-23(3)4)29-14-9-25(17-28(29)36-34(41)35-27-12-7-24(5)8-13-27)10-16-32(39)43-21-44-33(40)26-11-15-30(38)31(18-26)42-6/h7-9,11-15,17-18,22-23,38H,10,16,19-21H2,1-6H3,(H2,35,36,41). The fourth-order valence-electron chi connectivity index (χ4n) is 4.54. The molecule has 2 amide bonds. The van der Waals surface area contributed by atoms with Crippen LogP contribution < -0.4 is 20.3 Å². The summed E-state index contributed by atoms with van der Waals surface area (Å²) in [6.45, 7) is 11.7. The van der Waals surface area contributed by atoms with Crippen molar-refractivity contribution < 1.29 is 33.7 Å². The number of anilines is 3. The van der Waals surface area contributed by atoms with Crippen LogP contribution in [0.15, 0.2) is 60.7 Å². The van der Waals surface area contributed by atoms with Crippen LogP contribution in [0.2, 0.25) is 0 Å². The van der Waals surface area contributed by atoms with E-state index in [0.717, 1.165) is 29.9 Å². The van der Waals surface area contributed by atoms with E-state index in [2.05, 4.69) is 43.2 Å². The van der Waals surface area contributed by atoms with E-state index in [-0.39, 0.29) is 29.5 Å². The predicted octanol–water partition coefficient (Wildman–Crippen LogP) is 6.76. The van der Waals surface area contributed by atoms with Crippen LogP contribution in [0.4, 0.5) is 21.9 Å². The van der Waals surface area contributed by atoms with Gasteiger partial charge in [0.2, 0.25) is 6.79 Å². The molecule has 3 N–H and O–H groups in total. The fourth-order valence-corrected chi connectivity index (χ4v) is 4.54. The summed E-state index contributed by atoms with van der Waals surface area (Å²) in [5, 5.41) is 15.6.